The average Bonchev–Trinajstić information content (AvgIpc) is 3.09. The van der Waals surface area contributed by atoms with Gasteiger partial charge in [-0.3, -0.25) is 0 Å². The monoisotopic (exact) mass is 250 g/mol. The van der Waals surface area contributed by atoms with E-state index in [0.717, 1.165) is 6.61 Å². The van der Waals surface area contributed by atoms with Gasteiger partial charge in [0.05, 0.1) is 20.8 Å². The Hall–Kier alpha value is -0.603. The van der Waals surface area contributed by atoms with Crippen molar-refractivity contribution in [1.29, 1.82) is 0 Å². The SMILES string of the molecule is C=CC[Si](CC=C)(CC=C)CCCCC1CO1. The van der Waals surface area contributed by atoms with Crippen LogP contribution in [0.25, 0.3) is 0 Å². The van der Waals surface area contributed by atoms with Gasteiger partial charge < -0.3 is 4.74 Å². The number of ether oxygens (including phenoxy) is 1. The second-order valence-corrected chi connectivity index (χ2v) is 9.90. The fourth-order valence-electron chi connectivity index (χ4n) is 2.58. The molecule has 0 aliphatic carbocycles. The molecule has 0 aromatic carbocycles. The van der Waals surface area contributed by atoms with Gasteiger partial charge in [0.25, 0.3) is 0 Å². The first-order valence-corrected chi connectivity index (χ1v) is 9.53. The number of allylic oxidation sites excluding steroid dienone is 3. The van der Waals surface area contributed by atoms with Crippen LogP contribution in [0.3, 0.4) is 0 Å². The molecular formula is C15H26OSi. The lowest BCUT2D eigenvalue weighted by Gasteiger charge is -2.28. The molecule has 2 heteroatoms. The predicted octanol–water partition coefficient (Wildman–Crippen LogP) is 4.56. The summed E-state index contributed by atoms with van der Waals surface area (Å²) in [6.07, 6.45) is 10.8. The molecule has 17 heavy (non-hydrogen) atoms. The molecule has 0 aromatic heterocycles. The highest BCUT2D eigenvalue weighted by atomic mass is 28.3. The van der Waals surface area contributed by atoms with Crippen LogP contribution in [-0.2, 0) is 4.74 Å². The van der Waals surface area contributed by atoms with E-state index in [-0.39, 0.29) is 0 Å². The van der Waals surface area contributed by atoms with Crippen molar-refractivity contribution in [2.75, 3.05) is 6.61 Å². The van der Waals surface area contributed by atoms with E-state index in [1.54, 1.807) is 0 Å². The molecule has 0 radical (unpaired) electrons. The molecule has 1 saturated heterocycles. The molecule has 1 aliphatic rings. The van der Waals surface area contributed by atoms with Gasteiger partial charge in [-0.25, -0.2) is 0 Å². The zero-order chi connectivity index (χ0) is 12.6. The molecule has 1 fully saturated rings. The largest absolute Gasteiger partial charge is 0.373 e. The van der Waals surface area contributed by atoms with Crippen LogP contribution in [0.5, 0.6) is 0 Å². The number of hydrogen-bond acceptors (Lipinski definition) is 1. The summed E-state index contributed by atoms with van der Waals surface area (Å²) in [5.41, 5.74) is 0. The second kappa shape index (κ2) is 7.67. The lowest BCUT2D eigenvalue weighted by molar-refractivity contribution is 0.391. The average molecular weight is 250 g/mol. The van der Waals surface area contributed by atoms with Gasteiger partial charge in [0.2, 0.25) is 0 Å². The minimum Gasteiger partial charge on any atom is -0.373 e. The molecule has 0 bridgehead atoms. The summed E-state index contributed by atoms with van der Waals surface area (Å²) < 4.78 is 5.25. The van der Waals surface area contributed by atoms with Gasteiger partial charge >= 0.3 is 0 Å². The summed E-state index contributed by atoms with van der Waals surface area (Å²) in [4.78, 5) is 0. The van der Waals surface area contributed by atoms with Gasteiger partial charge in [0.1, 0.15) is 0 Å². The van der Waals surface area contributed by atoms with Crippen molar-refractivity contribution in [2.45, 2.75) is 49.5 Å². The first-order valence-electron chi connectivity index (χ1n) is 6.70. The Morgan fingerprint density at radius 3 is 1.94 bits per heavy atom. The van der Waals surface area contributed by atoms with Gasteiger partial charge in [-0.15, -0.1) is 19.7 Å². The molecule has 1 heterocycles. The normalized spacial score (nSPS) is 18.7. The van der Waals surface area contributed by atoms with E-state index in [1.807, 2.05) is 0 Å². The van der Waals surface area contributed by atoms with Crippen molar-refractivity contribution < 1.29 is 4.74 Å². The highest BCUT2D eigenvalue weighted by Gasteiger charge is 2.28. The van der Waals surface area contributed by atoms with Gasteiger partial charge in [0.15, 0.2) is 0 Å². The van der Waals surface area contributed by atoms with Crippen molar-refractivity contribution in [1.82, 2.24) is 0 Å². The Balaban J connectivity index is 2.36. The Kier molecular flexibility index (Phi) is 6.52. The van der Waals surface area contributed by atoms with Crippen LogP contribution in [-0.4, -0.2) is 20.8 Å². The molecule has 1 atom stereocenters. The fourth-order valence-corrected chi connectivity index (χ4v) is 6.53. The summed E-state index contributed by atoms with van der Waals surface area (Å²) in [6, 6.07) is 4.98. The second-order valence-electron chi connectivity index (χ2n) is 5.18. The zero-order valence-corrected chi connectivity index (χ0v) is 12.0. The van der Waals surface area contributed by atoms with Gasteiger partial charge in [-0.05, 0) is 24.6 Å². The van der Waals surface area contributed by atoms with Crippen molar-refractivity contribution in [3.63, 3.8) is 0 Å². The van der Waals surface area contributed by atoms with Crippen molar-refractivity contribution in [3.8, 4) is 0 Å². The summed E-state index contributed by atoms with van der Waals surface area (Å²) in [5.74, 6) is 0. The van der Waals surface area contributed by atoms with Crippen molar-refractivity contribution in [2.24, 2.45) is 0 Å². The quantitative estimate of drug-likeness (QED) is 0.227. The highest BCUT2D eigenvalue weighted by molar-refractivity contribution is 6.81. The topological polar surface area (TPSA) is 12.5 Å². The van der Waals surface area contributed by atoms with E-state index < -0.39 is 8.07 Å². The summed E-state index contributed by atoms with van der Waals surface area (Å²) in [5, 5.41) is 0. The first-order chi connectivity index (χ1) is 8.26. The Morgan fingerprint density at radius 1 is 1.00 bits per heavy atom. The standard InChI is InChI=1S/C15H26OSi/c1-4-10-17(11-5-2,12-6-3)13-8-7-9-15-14-16-15/h4-6,15H,1-3,7-14H2. The molecule has 96 valence electrons. The molecule has 0 spiro atoms. The highest BCUT2D eigenvalue weighted by Crippen LogP contribution is 2.30. The summed E-state index contributed by atoms with van der Waals surface area (Å²) >= 11 is 0. The maximum atomic E-state index is 5.25. The van der Waals surface area contributed by atoms with E-state index in [0.29, 0.717) is 6.10 Å². The van der Waals surface area contributed by atoms with Gasteiger partial charge in [-0.2, -0.15) is 0 Å². The third-order valence-electron chi connectivity index (χ3n) is 3.62. The van der Waals surface area contributed by atoms with Crippen LogP contribution in [0.2, 0.25) is 24.2 Å². The Morgan fingerprint density at radius 2 is 1.53 bits per heavy atom. The zero-order valence-electron chi connectivity index (χ0n) is 11.0. The van der Waals surface area contributed by atoms with Crippen LogP contribution >= 0.6 is 0 Å². The van der Waals surface area contributed by atoms with E-state index in [1.165, 1.54) is 43.4 Å². The van der Waals surface area contributed by atoms with Crippen molar-refractivity contribution >= 4 is 8.07 Å². The fraction of sp³-hybridized carbons (Fsp3) is 0.600. The van der Waals surface area contributed by atoms with E-state index in [2.05, 4.69) is 38.0 Å². The number of epoxide rings is 1. The van der Waals surface area contributed by atoms with E-state index in [9.17, 15) is 0 Å². The number of unbranched alkanes of at least 4 members (excludes halogenated alkanes) is 1. The summed E-state index contributed by atoms with van der Waals surface area (Å²) in [7, 11) is -1.24. The van der Waals surface area contributed by atoms with Gasteiger partial charge in [-0.1, -0.05) is 37.1 Å². The van der Waals surface area contributed by atoms with Crippen LogP contribution in [0.15, 0.2) is 38.0 Å². The lowest BCUT2D eigenvalue weighted by atomic mass is 10.2. The molecule has 1 nitrogen and oxygen atoms in total. The van der Waals surface area contributed by atoms with E-state index in [4.69, 9.17) is 4.74 Å². The maximum Gasteiger partial charge on any atom is 0.0810 e. The van der Waals surface area contributed by atoms with Crippen LogP contribution in [0.4, 0.5) is 0 Å². The lowest BCUT2D eigenvalue weighted by Crippen LogP contribution is -2.31. The van der Waals surface area contributed by atoms with Crippen molar-refractivity contribution in [3.05, 3.63) is 38.0 Å². The third-order valence-corrected chi connectivity index (χ3v) is 8.50. The number of hydrogen-bond donors (Lipinski definition) is 0. The molecule has 0 amide bonds. The molecule has 0 saturated carbocycles. The van der Waals surface area contributed by atoms with Crippen LogP contribution < -0.4 is 0 Å². The minimum atomic E-state index is -1.24. The Labute approximate surface area is 107 Å². The molecule has 1 rings (SSSR count). The minimum absolute atomic E-state index is 0.587. The maximum absolute atomic E-state index is 5.25. The Bertz CT molecular complexity index is 229. The van der Waals surface area contributed by atoms with Crippen LogP contribution in [0, 0.1) is 0 Å². The summed E-state index contributed by atoms with van der Waals surface area (Å²) in [6.45, 7) is 12.8. The molecular weight excluding hydrogens is 224 g/mol. The third kappa shape index (κ3) is 5.51. The first kappa shape index (κ1) is 14.5. The molecule has 1 aliphatic heterocycles. The predicted molar refractivity (Wildman–Crippen MR) is 79.2 cm³/mol. The molecule has 0 N–H and O–H groups in total. The van der Waals surface area contributed by atoms with E-state index >= 15 is 0 Å². The molecule has 0 aromatic rings. The van der Waals surface area contributed by atoms with Crippen LogP contribution in [0.1, 0.15) is 19.3 Å². The molecule has 1 unspecified atom stereocenters. The smallest absolute Gasteiger partial charge is 0.0810 e. The van der Waals surface area contributed by atoms with Gasteiger partial charge in [0, 0.05) is 0 Å². The number of rotatable bonds is 11.